The molecule has 1 fully saturated rings. The zero-order valence-electron chi connectivity index (χ0n) is 13.2. The number of nitrogens with zero attached hydrogens (tertiary/aromatic N) is 3. The molecule has 2 aliphatic rings. The van der Waals surface area contributed by atoms with Crippen molar-refractivity contribution in [3.8, 4) is 0 Å². The van der Waals surface area contributed by atoms with Gasteiger partial charge < -0.3 is 14.8 Å². The van der Waals surface area contributed by atoms with Crippen LogP contribution in [0.15, 0.2) is 0 Å². The van der Waals surface area contributed by atoms with E-state index in [0.717, 1.165) is 26.1 Å². The van der Waals surface area contributed by atoms with Crippen LogP contribution in [0.25, 0.3) is 0 Å². The molecule has 0 bridgehead atoms. The van der Waals surface area contributed by atoms with E-state index in [1.807, 2.05) is 0 Å². The van der Waals surface area contributed by atoms with E-state index in [2.05, 4.69) is 35.8 Å². The standard InChI is InChI=1S/C16H28N4/c1-12(19(2)3)11-20-15-8-9-17-10-14(15)18-16(20)13-6-4-5-7-13/h12-13,17H,4-11H2,1-3H3. The first kappa shape index (κ1) is 14.1. The lowest BCUT2D eigenvalue weighted by molar-refractivity contribution is 0.277. The predicted octanol–water partition coefficient (Wildman–Crippen LogP) is 2.14. The minimum Gasteiger partial charge on any atom is -0.330 e. The lowest BCUT2D eigenvalue weighted by Crippen LogP contribution is -2.32. The van der Waals surface area contributed by atoms with Gasteiger partial charge in [0.25, 0.3) is 0 Å². The molecule has 0 radical (unpaired) electrons. The van der Waals surface area contributed by atoms with Crippen molar-refractivity contribution >= 4 is 0 Å². The fraction of sp³-hybridized carbons (Fsp3) is 0.812. The molecule has 112 valence electrons. The third kappa shape index (κ3) is 2.63. The summed E-state index contributed by atoms with van der Waals surface area (Å²) in [6.45, 7) is 5.45. The second-order valence-corrected chi connectivity index (χ2v) is 6.69. The highest BCUT2D eigenvalue weighted by Gasteiger charge is 2.27. The number of likely N-dealkylation sites (N-methyl/N-ethyl adjacent to an activating group) is 1. The van der Waals surface area contributed by atoms with Crippen molar-refractivity contribution in [3.05, 3.63) is 17.2 Å². The Bertz CT molecular complexity index is 457. The van der Waals surface area contributed by atoms with Gasteiger partial charge in [0.1, 0.15) is 5.82 Å². The van der Waals surface area contributed by atoms with Crippen LogP contribution in [0.2, 0.25) is 0 Å². The highest BCUT2D eigenvalue weighted by Crippen LogP contribution is 2.35. The molecular formula is C16H28N4. The minimum absolute atomic E-state index is 0.559. The lowest BCUT2D eigenvalue weighted by atomic mass is 10.1. The molecule has 1 aliphatic carbocycles. The molecule has 0 aromatic carbocycles. The molecule has 1 atom stereocenters. The van der Waals surface area contributed by atoms with Crippen LogP contribution in [0.3, 0.4) is 0 Å². The Labute approximate surface area is 122 Å². The molecule has 20 heavy (non-hydrogen) atoms. The molecule has 1 saturated carbocycles. The summed E-state index contributed by atoms with van der Waals surface area (Å²) in [6.07, 6.45) is 6.56. The average Bonchev–Trinajstić information content (AvgIpc) is 3.06. The molecule has 3 rings (SSSR count). The third-order valence-corrected chi connectivity index (χ3v) is 5.06. The maximum absolute atomic E-state index is 5.03. The fourth-order valence-corrected chi connectivity index (χ4v) is 3.52. The van der Waals surface area contributed by atoms with Crippen molar-refractivity contribution < 1.29 is 0 Å². The van der Waals surface area contributed by atoms with Gasteiger partial charge in [0.15, 0.2) is 0 Å². The number of hydrogen-bond acceptors (Lipinski definition) is 3. The Kier molecular flexibility index (Phi) is 4.13. The molecular weight excluding hydrogens is 248 g/mol. The van der Waals surface area contributed by atoms with Gasteiger partial charge in [0, 0.05) is 43.7 Å². The van der Waals surface area contributed by atoms with Crippen LogP contribution in [0.1, 0.15) is 55.7 Å². The summed E-state index contributed by atoms with van der Waals surface area (Å²) >= 11 is 0. The van der Waals surface area contributed by atoms with Crippen LogP contribution >= 0.6 is 0 Å². The number of imidazole rings is 1. The van der Waals surface area contributed by atoms with Crippen molar-refractivity contribution in [2.45, 2.75) is 64.1 Å². The molecule has 1 aromatic rings. The quantitative estimate of drug-likeness (QED) is 0.914. The van der Waals surface area contributed by atoms with E-state index < -0.39 is 0 Å². The predicted molar refractivity (Wildman–Crippen MR) is 82.0 cm³/mol. The summed E-state index contributed by atoms with van der Waals surface area (Å²) in [5, 5.41) is 3.46. The SMILES string of the molecule is CC(Cn1c(C2CCCC2)nc2c1CCNC2)N(C)C. The maximum atomic E-state index is 5.03. The van der Waals surface area contributed by atoms with E-state index in [1.54, 1.807) is 0 Å². The number of rotatable bonds is 4. The maximum Gasteiger partial charge on any atom is 0.112 e. The molecule has 2 heterocycles. The monoisotopic (exact) mass is 276 g/mol. The van der Waals surface area contributed by atoms with E-state index in [-0.39, 0.29) is 0 Å². The van der Waals surface area contributed by atoms with Gasteiger partial charge in [-0.05, 0) is 33.9 Å². The summed E-state index contributed by atoms with van der Waals surface area (Å²) in [5.74, 6) is 2.08. The number of fused-ring (bicyclic) bond motifs is 1. The highest BCUT2D eigenvalue weighted by atomic mass is 15.2. The Hall–Kier alpha value is -0.870. The second kappa shape index (κ2) is 5.86. The summed E-state index contributed by atoms with van der Waals surface area (Å²) < 4.78 is 2.57. The van der Waals surface area contributed by atoms with E-state index in [9.17, 15) is 0 Å². The van der Waals surface area contributed by atoms with Crippen LogP contribution in [0.4, 0.5) is 0 Å². The van der Waals surface area contributed by atoms with Crippen molar-refractivity contribution in [3.63, 3.8) is 0 Å². The molecule has 4 nitrogen and oxygen atoms in total. The largest absolute Gasteiger partial charge is 0.330 e. The van der Waals surface area contributed by atoms with Gasteiger partial charge in [-0.2, -0.15) is 0 Å². The molecule has 1 unspecified atom stereocenters. The van der Waals surface area contributed by atoms with Crippen molar-refractivity contribution in [2.75, 3.05) is 20.6 Å². The van der Waals surface area contributed by atoms with Gasteiger partial charge >= 0.3 is 0 Å². The summed E-state index contributed by atoms with van der Waals surface area (Å²) in [5.41, 5.74) is 2.81. The molecule has 0 saturated heterocycles. The molecule has 0 spiro atoms. The molecule has 0 amide bonds. The number of hydrogen-bond donors (Lipinski definition) is 1. The number of aromatic nitrogens is 2. The summed E-state index contributed by atoms with van der Waals surface area (Å²) in [7, 11) is 4.34. The third-order valence-electron chi connectivity index (χ3n) is 5.06. The van der Waals surface area contributed by atoms with Crippen LogP contribution in [-0.4, -0.2) is 41.1 Å². The Morgan fingerprint density at radius 1 is 1.35 bits per heavy atom. The van der Waals surface area contributed by atoms with Crippen LogP contribution in [0, 0.1) is 0 Å². The normalized spacial score (nSPS) is 21.4. The smallest absolute Gasteiger partial charge is 0.112 e. The molecule has 4 heteroatoms. The molecule has 1 aromatic heterocycles. The summed E-state index contributed by atoms with van der Waals surface area (Å²) in [4.78, 5) is 7.34. The topological polar surface area (TPSA) is 33.1 Å². The van der Waals surface area contributed by atoms with Crippen LogP contribution < -0.4 is 5.32 Å². The molecule has 1 N–H and O–H groups in total. The second-order valence-electron chi connectivity index (χ2n) is 6.69. The van der Waals surface area contributed by atoms with E-state index in [0.29, 0.717) is 12.0 Å². The first-order chi connectivity index (χ1) is 9.66. The Morgan fingerprint density at radius 3 is 2.80 bits per heavy atom. The van der Waals surface area contributed by atoms with Crippen LogP contribution in [-0.2, 0) is 19.5 Å². The van der Waals surface area contributed by atoms with Gasteiger partial charge in [-0.3, -0.25) is 0 Å². The van der Waals surface area contributed by atoms with Crippen molar-refractivity contribution in [1.29, 1.82) is 0 Å². The Balaban J connectivity index is 1.93. The number of nitrogens with one attached hydrogen (secondary N) is 1. The van der Waals surface area contributed by atoms with E-state index in [4.69, 9.17) is 4.98 Å². The first-order valence-corrected chi connectivity index (χ1v) is 8.12. The van der Waals surface area contributed by atoms with Gasteiger partial charge in [-0.15, -0.1) is 0 Å². The van der Waals surface area contributed by atoms with Crippen molar-refractivity contribution in [2.24, 2.45) is 0 Å². The first-order valence-electron chi connectivity index (χ1n) is 8.12. The van der Waals surface area contributed by atoms with Gasteiger partial charge in [0.05, 0.1) is 5.69 Å². The fourth-order valence-electron chi connectivity index (χ4n) is 3.52. The zero-order chi connectivity index (χ0) is 14.1. The van der Waals surface area contributed by atoms with E-state index in [1.165, 1.54) is 42.9 Å². The van der Waals surface area contributed by atoms with Gasteiger partial charge in [-0.25, -0.2) is 4.98 Å². The highest BCUT2D eigenvalue weighted by molar-refractivity contribution is 5.22. The lowest BCUT2D eigenvalue weighted by Gasteiger charge is -2.25. The van der Waals surface area contributed by atoms with Gasteiger partial charge in [-0.1, -0.05) is 12.8 Å². The summed E-state index contributed by atoms with van der Waals surface area (Å²) in [6, 6.07) is 0.559. The Morgan fingerprint density at radius 2 is 2.10 bits per heavy atom. The zero-order valence-corrected chi connectivity index (χ0v) is 13.2. The van der Waals surface area contributed by atoms with Gasteiger partial charge in [0.2, 0.25) is 0 Å². The van der Waals surface area contributed by atoms with Crippen molar-refractivity contribution in [1.82, 2.24) is 19.8 Å². The average molecular weight is 276 g/mol. The molecule has 1 aliphatic heterocycles. The van der Waals surface area contributed by atoms with Crippen LogP contribution in [0.5, 0.6) is 0 Å². The minimum atomic E-state index is 0.559. The van der Waals surface area contributed by atoms with E-state index >= 15 is 0 Å².